The van der Waals surface area contributed by atoms with Gasteiger partial charge in [-0.25, -0.2) is 0 Å². The smallest absolute Gasteiger partial charge is 0.252 e. The Kier molecular flexibility index (Phi) is 8.14. The third-order valence-corrected chi connectivity index (χ3v) is 6.40. The molecule has 0 fully saturated rings. The quantitative estimate of drug-likeness (QED) is 0.325. The monoisotopic (exact) mass is 522 g/mol. The number of ether oxygens (including phenoxy) is 2. The van der Waals surface area contributed by atoms with Crippen LogP contribution in [0.3, 0.4) is 0 Å². The zero-order valence-corrected chi connectivity index (χ0v) is 21.1. The molecule has 36 heavy (non-hydrogen) atoms. The Balaban J connectivity index is 1.54. The molecule has 0 saturated heterocycles. The minimum absolute atomic E-state index is 0.280. The molecule has 0 saturated carbocycles. The van der Waals surface area contributed by atoms with Gasteiger partial charge in [0.1, 0.15) is 22.5 Å². The third kappa shape index (κ3) is 6.38. The number of aromatic nitrogens is 2. The van der Waals surface area contributed by atoms with Crippen molar-refractivity contribution in [2.75, 3.05) is 19.5 Å². The number of hydrogen-bond acceptors (Lipinski definition) is 7. The average molecular weight is 523 g/mol. The summed E-state index contributed by atoms with van der Waals surface area (Å²) in [5, 5.41) is 15.4. The molecule has 10 heteroatoms. The van der Waals surface area contributed by atoms with E-state index in [0.29, 0.717) is 32.2 Å². The van der Waals surface area contributed by atoms with E-state index in [2.05, 4.69) is 20.8 Å². The molecule has 1 aromatic heterocycles. The van der Waals surface area contributed by atoms with E-state index in [9.17, 15) is 9.59 Å². The van der Waals surface area contributed by atoms with Gasteiger partial charge in [-0.15, -0.1) is 10.2 Å². The fraction of sp³-hybridized carbons (Fsp3) is 0.154. The minimum Gasteiger partial charge on any atom is -0.497 e. The molecule has 3 aromatic carbocycles. The van der Waals surface area contributed by atoms with Crippen molar-refractivity contribution in [3.8, 4) is 22.1 Å². The van der Waals surface area contributed by atoms with Crippen LogP contribution in [0.2, 0.25) is 5.02 Å². The van der Waals surface area contributed by atoms with Crippen LogP contribution in [0.1, 0.15) is 15.9 Å². The number of rotatable bonds is 9. The Morgan fingerprint density at radius 2 is 1.61 bits per heavy atom. The Morgan fingerprint density at radius 1 is 0.944 bits per heavy atom. The predicted molar refractivity (Wildman–Crippen MR) is 140 cm³/mol. The fourth-order valence-corrected chi connectivity index (χ4v) is 4.29. The van der Waals surface area contributed by atoms with Gasteiger partial charge in [0.05, 0.1) is 14.2 Å². The maximum Gasteiger partial charge on any atom is 0.252 e. The lowest BCUT2D eigenvalue weighted by Gasteiger charge is -2.18. The van der Waals surface area contributed by atoms with Gasteiger partial charge in [-0.05, 0) is 29.8 Å². The molecule has 0 unspecified atom stereocenters. The molecule has 1 heterocycles. The summed E-state index contributed by atoms with van der Waals surface area (Å²) in [6.45, 7) is 0. The van der Waals surface area contributed by atoms with E-state index in [1.807, 2.05) is 42.5 Å². The first kappa shape index (κ1) is 25.2. The van der Waals surface area contributed by atoms with Crippen LogP contribution in [0, 0.1) is 0 Å². The average Bonchev–Trinajstić information content (AvgIpc) is 3.37. The Bertz CT molecular complexity index is 1320. The van der Waals surface area contributed by atoms with Gasteiger partial charge in [0.2, 0.25) is 11.0 Å². The van der Waals surface area contributed by atoms with E-state index < -0.39 is 17.9 Å². The first-order chi connectivity index (χ1) is 17.4. The molecular formula is C26H23ClN4O4S. The Hall–Kier alpha value is -3.95. The van der Waals surface area contributed by atoms with Gasteiger partial charge in [-0.1, -0.05) is 65.4 Å². The van der Waals surface area contributed by atoms with Gasteiger partial charge in [0, 0.05) is 28.6 Å². The highest BCUT2D eigenvalue weighted by molar-refractivity contribution is 7.18. The van der Waals surface area contributed by atoms with Crippen molar-refractivity contribution in [3.63, 3.8) is 0 Å². The minimum atomic E-state index is -0.875. The Labute approximate surface area is 217 Å². The maximum atomic E-state index is 13.3. The second kappa shape index (κ2) is 11.7. The van der Waals surface area contributed by atoms with Crippen LogP contribution in [0.4, 0.5) is 5.13 Å². The lowest BCUT2D eigenvalue weighted by atomic mass is 10.0. The summed E-state index contributed by atoms with van der Waals surface area (Å²) >= 11 is 7.18. The van der Waals surface area contributed by atoms with Gasteiger partial charge >= 0.3 is 0 Å². The number of carbonyl (C=O) groups excluding carboxylic acids is 2. The molecule has 2 N–H and O–H groups in total. The van der Waals surface area contributed by atoms with Crippen LogP contribution >= 0.6 is 22.9 Å². The highest BCUT2D eigenvalue weighted by Crippen LogP contribution is 2.27. The summed E-state index contributed by atoms with van der Waals surface area (Å²) in [5.41, 5.74) is 2.02. The summed E-state index contributed by atoms with van der Waals surface area (Å²) in [4.78, 5) is 26.4. The molecule has 0 spiro atoms. The predicted octanol–water partition coefficient (Wildman–Crippen LogP) is 4.86. The van der Waals surface area contributed by atoms with Crippen molar-refractivity contribution in [1.82, 2.24) is 15.5 Å². The van der Waals surface area contributed by atoms with Crippen LogP contribution in [-0.4, -0.2) is 42.3 Å². The van der Waals surface area contributed by atoms with E-state index in [-0.39, 0.29) is 6.42 Å². The molecule has 2 amide bonds. The summed E-state index contributed by atoms with van der Waals surface area (Å²) in [6.07, 6.45) is 0.280. The van der Waals surface area contributed by atoms with Crippen LogP contribution in [-0.2, 0) is 11.2 Å². The van der Waals surface area contributed by atoms with Gasteiger partial charge in [0.25, 0.3) is 5.91 Å². The number of methoxy groups -OCH3 is 2. The zero-order valence-electron chi connectivity index (χ0n) is 19.5. The lowest BCUT2D eigenvalue weighted by Crippen LogP contribution is -2.45. The standard InChI is InChI=1S/C26H23ClN4O4S/c1-34-20-13-18(14-21(15-20)35-2)23(32)28-22(12-16-6-4-3-5-7-16)24(33)29-26-31-30-25(36-26)17-8-10-19(27)11-9-17/h3-11,13-15,22H,12H2,1-2H3,(H,28,32)(H,29,31,33)/t22-/m1/s1. The molecule has 184 valence electrons. The summed E-state index contributed by atoms with van der Waals surface area (Å²) in [6, 6.07) is 20.6. The number of benzene rings is 3. The molecule has 0 bridgehead atoms. The molecule has 4 rings (SSSR count). The molecule has 1 atom stereocenters. The fourth-order valence-electron chi connectivity index (χ4n) is 3.41. The second-order valence-corrected chi connectivity index (χ2v) is 9.14. The number of nitrogens with one attached hydrogen (secondary N) is 2. The molecule has 8 nitrogen and oxygen atoms in total. The van der Waals surface area contributed by atoms with Crippen LogP contribution in [0.25, 0.3) is 10.6 Å². The third-order valence-electron chi connectivity index (χ3n) is 5.26. The summed E-state index contributed by atoms with van der Waals surface area (Å²) in [7, 11) is 3.00. The number of anilines is 1. The lowest BCUT2D eigenvalue weighted by molar-refractivity contribution is -0.118. The molecule has 0 aliphatic carbocycles. The van der Waals surface area contributed by atoms with Crippen molar-refractivity contribution in [2.45, 2.75) is 12.5 Å². The van der Waals surface area contributed by atoms with Crippen molar-refractivity contribution in [3.05, 3.63) is 88.9 Å². The van der Waals surface area contributed by atoms with Crippen LogP contribution in [0.5, 0.6) is 11.5 Å². The van der Waals surface area contributed by atoms with Gasteiger partial charge in [0.15, 0.2) is 0 Å². The van der Waals surface area contributed by atoms with E-state index in [4.69, 9.17) is 21.1 Å². The molecule has 4 aromatic rings. The number of carbonyl (C=O) groups is 2. The van der Waals surface area contributed by atoms with Gasteiger partial charge in [-0.2, -0.15) is 0 Å². The van der Waals surface area contributed by atoms with Crippen molar-refractivity contribution >= 4 is 39.9 Å². The number of halogens is 1. The first-order valence-corrected chi connectivity index (χ1v) is 12.1. The molecular weight excluding hydrogens is 500 g/mol. The van der Waals surface area contributed by atoms with E-state index in [0.717, 1.165) is 11.1 Å². The van der Waals surface area contributed by atoms with Gasteiger partial charge < -0.3 is 14.8 Å². The molecule has 0 aliphatic rings. The topological polar surface area (TPSA) is 102 Å². The van der Waals surface area contributed by atoms with E-state index in [1.54, 1.807) is 30.3 Å². The van der Waals surface area contributed by atoms with Crippen LogP contribution < -0.4 is 20.1 Å². The highest BCUT2D eigenvalue weighted by atomic mass is 35.5. The number of amides is 2. The largest absolute Gasteiger partial charge is 0.497 e. The van der Waals surface area contributed by atoms with Crippen molar-refractivity contribution in [2.24, 2.45) is 0 Å². The number of hydrogen-bond donors (Lipinski definition) is 2. The Morgan fingerprint density at radius 3 is 2.25 bits per heavy atom. The molecule has 0 aliphatic heterocycles. The van der Waals surface area contributed by atoms with Crippen molar-refractivity contribution < 1.29 is 19.1 Å². The zero-order chi connectivity index (χ0) is 25.5. The molecule has 0 radical (unpaired) electrons. The van der Waals surface area contributed by atoms with Crippen molar-refractivity contribution in [1.29, 1.82) is 0 Å². The van der Waals surface area contributed by atoms with Crippen LogP contribution in [0.15, 0.2) is 72.8 Å². The number of nitrogens with zero attached hydrogens (tertiary/aromatic N) is 2. The normalized spacial score (nSPS) is 11.4. The van der Waals surface area contributed by atoms with E-state index in [1.165, 1.54) is 25.6 Å². The van der Waals surface area contributed by atoms with Gasteiger partial charge in [-0.3, -0.25) is 14.9 Å². The second-order valence-electron chi connectivity index (χ2n) is 7.73. The first-order valence-electron chi connectivity index (χ1n) is 10.9. The highest BCUT2D eigenvalue weighted by Gasteiger charge is 2.24. The summed E-state index contributed by atoms with van der Waals surface area (Å²) in [5.74, 6) is 0.0718. The SMILES string of the molecule is COc1cc(OC)cc(C(=O)N[C@H](Cc2ccccc2)C(=O)Nc2nnc(-c3ccc(Cl)cc3)s2)c1. The summed E-state index contributed by atoms with van der Waals surface area (Å²) < 4.78 is 10.5. The van der Waals surface area contributed by atoms with E-state index >= 15 is 0 Å². The maximum absolute atomic E-state index is 13.3.